The van der Waals surface area contributed by atoms with E-state index in [0.717, 1.165) is 0 Å². The number of benzene rings is 2. The summed E-state index contributed by atoms with van der Waals surface area (Å²) >= 11 is 5.88. The Labute approximate surface area is 128 Å². The number of rotatable bonds is 3. The van der Waals surface area contributed by atoms with Crippen LogP contribution in [0.2, 0.25) is 5.02 Å². The molecule has 0 amide bonds. The van der Waals surface area contributed by atoms with Gasteiger partial charge in [0.15, 0.2) is 0 Å². The normalized spacial score (nSPS) is 10.9. The van der Waals surface area contributed by atoms with E-state index in [9.17, 15) is 8.42 Å². The minimum atomic E-state index is -3.83. The lowest BCUT2D eigenvalue weighted by Gasteiger charge is -2.12. The van der Waals surface area contributed by atoms with Crippen molar-refractivity contribution < 1.29 is 8.42 Å². The van der Waals surface area contributed by atoms with Crippen LogP contribution in [-0.4, -0.2) is 8.42 Å². The number of aryl methyl sites for hydroxylation is 1. The van der Waals surface area contributed by atoms with Crippen LogP contribution in [0, 0.1) is 18.3 Å². The van der Waals surface area contributed by atoms with E-state index in [4.69, 9.17) is 22.6 Å². The molecule has 0 fully saturated rings. The Morgan fingerprint density at radius 1 is 1.29 bits per heavy atom. The third-order valence-electron chi connectivity index (χ3n) is 2.85. The van der Waals surface area contributed by atoms with Gasteiger partial charge in [0.2, 0.25) is 0 Å². The van der Waals surface area contributed by atoms with Gasteiger partial charge in [0.05, 0.1) is 22.0 Å². The van der Waals surface area contributed by atoms with E-state index in [2.05, 4.69) is 4.72 Å². The number of hydrogen-bond acceptors (Lipinski definition) is 4. The van der Waals surface area contributed by atoms with Crippen LogP contribution in [-0.2, 0) is 10.0 Å². The first-order valence-electron chi connectivity index (χ1n) is 5.92. The summed E-state index contributed by atoms with van der Waals surface area (Å²) in [4.78, 5) is 0.0329. The number of nitriles is 1. The zero-order valence-electron chi connectivity index (χ0n) is 11.1. The van der Waals surface area contributed by atoms with Crippen molar-refractivity contribution in [3.63, 3.8) is 0 Å². The molecule has 7 heteroatoms. The molecule has 0 saturated carbocycles. The molecule has 0 aliphatic rings. The molecule has 5 nitrogen and oxygen atoms in total. The fourth-order valence-corrected chi connectivity index (χ4v) is 3.55. The van der Waals surface area contributed by atoms with Crippen LogP contribution in [0.1, 0.15) is 11.1 Å². The topological polar surface area (TPSA) is 96.0 Å². The van der Waals surface area contributed by atoms with Crippen LogP contribution in [0.4, 0.5) is 11.4 Å². The maximum Gasteiger partial charge on any atom is 0.264 e. The van der Waals surface area contributed by atoms with Gasteiger partial charge >= 0.3 is 0 Å². The van der Waals surface area contributed by atoms with Crippen LogP contribution in [0.3, 0.4) is 0 Å². The summed E-state index contributed by atoms with van der Waals surface area (Å²) in [6, 6.07) is 11.1. The first kappa shape index (κ1) is 15.2. The molecule has 2 aromatic carbocycles. The highest BCUT2D eigenvalue weighted by molar-refractivity contribution is 7.93. The van der Waals surface area contributed by atoms with E-state index in [1.54, 1.807) is 19.1 Å². The van der Waals surface area contributed by atoms with E-state index in [-0.39, 0.29) is 26.9 Å². The highest BCUT2D eigenvalue weighted by Gasteiger charge is 2.20. The molecule has 0 bridgehead atoms. The van der Waals surface area contributed by atoms with E-state index in [1.165, 1.54) is 24.3 Å². The average molecular weight is 322 g/mol. The maximum atomic E-state index is 12.4. The number of nitrogens with two attached hydrogens (primary N) is 1. The smallest absolute Gasteiger partial charge is 0.264 e. The monoisotopic (exact) mass is 321 g/mol. The molecular weight excluding hydrogens is 310 g/mol. The maximum absolute atomic E-state index is 12.4. The van der Waals surface area contributed by atoms with Crippen LogP contribution >= 0.6 is 11.6 Å². The quantitative estimate of drug-likeness (QED) is 0.849. The van der Waals surface area contributed by atoms with Gasteiger partial charge in [0, 0.05) is 0 Å². The lowest BCUT2D eigenvalue weighted by atomic mass is 10.2. The second-order valence-corrected chi connectivity index (χ2v) is 6.43. The summed E-state index contributed by atoms with van der Waals surface area (Å²) in [5, 5.41) is 8.98. The Balaban J connectivity index is 2.43. The van der Waals surface area contributed by atoms with Gasteiger partial charge in [-0.05, 0) is 36.8 Å². The summed E-state index contributed by atoms with van der Waals surface area (Å²) in [6.45, 7) is 1.66. The summed E-state index contributed by atoms with van der Waals surface area (Å²) in [5.74, 6) is 0. The van der Waals surface area contributed by atoms with Crippen molar-refractivity contribution >= 4 is 33.0 Å². The number of nitrogens with zero attached hydrogens (tertiary/aromatic N) is 1. The van der Waals surface area contributed by atoms with Crippen molar-refractivity contribution in [2.45, 2.75) is 11.8 Å². The first-order valence-corrected chi connectivity index (χ1v) is 7.79. The average Bonchev–Trinajstić information content (AvgIpc) is 2.37. The molecule has 2 rings (SSSR count). The van der Waals surface area contributed by atoms with Gasteiger partial charge in [-0.25, -0.2) is 8.42 Å². The first-order chi connectivity index (χ1) is 9.85. The number of nitrogens with one attached hydrogen (secondary N) is 1. The molecular formula is C14H12ClN3O2S. The van der Waals surface area contributed by atoms with Gasteiger partial charge in [-0.1, -0.05) is 23.7 Å². The molecule has 0 aliphatic heterocycles. The molecule has 0 unspecified atom stereocenters. The molecule has 0 heterocycles. The third-order valence-corrected chi connectivity index (χ3v) is 4.77. The van der Waals surface area contributed by atoms with Crippen LogP contribution < -0.4 is 10.5 Å². The molecule has 0 aromatic heterocycles. The summed E-state index contributed by atoms with van der Waals surface area (Å²) in [6.07, 6.45) is 0. The number of halogens is 1. The predicted octanol–water partition coefficient (Wildman–Crippen LogP) is 2.90. The zero-order chi connectivity index (χ0) is 15.6. The summed E-state index contributed by atoms with van der Waals surface area (Å²) < 4.78 is 27.2. The lowest BCUT2D eigenvalue weighted by molar-refractivity contribution is 0.601. The molecule has 0 aliphatic carbocycles. The van der Waals surface area contributed by atoms with E-state index >= 15 is 0 Å². The minimum absolute atomic E-state index is 0.0329. The fraction of sp³-hybridized carbons (Fsp3) is 0.0714. The van der Waals surface area contributed by atoms with Gasteiger partial charge in [0.25, 0.3) is 10.0 Å². The summed E-state index contributed by atoms with van der Waals surface area (Å²) in [7, 11) is -3.83. The van der Waals surface area contributed by atoms with Crippen molar-refractivity contribution in [3.05, 3.63) is 52.5 Å². The second kappa shape index (κ2) is 5.64. The molecule has 21 heavy (non-hydrogen) atoms. The highest BCUT2D eigenvalue weighted by Crippen LogP contribution is 2.26. The Morgan fingerprint density at radius 2 is 2.00 bits per heavy atom. The number of sulfonamides is 1. The molecule has 0 saturated heterocycles. The van der Waals surface area contributed by atoms with E-state index in [0.29, 0.717) is 5.56 Å². The van der Waals surface area contributed by atoms with Gasteiger partial charge in [-0.2, -0.15) is 5.26 Å². The fourth-order valence-electron chi connectivity index (χ4n) is 1.92. The van der Waals surface area contributed by atoms with Gasteiger partial charge in [0.1, 0.15) is 11.0 Å². The number of anilines is 2. The van der Waals surface area contributed by atoms with Gasteiger partial charge in [-0.3, -0.25) is 4.72 Å². The van der Waals surface area contributed by atoms with E-state index < -0.39 is 10.0 Å². The molecule has 0 atom stereocenters. The van der Waals surface area contributed by atoms with Crippen LogP contribution in [0.5, 0.6) is 0 Å². The Bertz CT molecular complexity index is 822. The molecule has 3 N–H and O–H groups in total. The highest BCUT2D eigenvalue weighted by atomic mass is 35.5. The second-order valence-electron chi connectivity index (χ2n) is 4.41. The Kier molecular flexibility index (Phi) is 4.07. The van der Waals surface area contributed by atoms with Crippen LogP contribution in [0.25, 0.3) is 0 Å². The molecule has 2 aromatic rings. The largest absolute Gasteiger partial charge is 0.398 e. The van der Waals surface area contributed by atoms with E-state index in [1.807, 2.05) is 6.07 Å². The van der Waals surface area contributed by atoms with Gasteiger partial charge in [-0.15, -0.1) is 0 Å². The van der Waals surface area contributed by atoms with Crippen molar-refractivity contribution in [1.29, 1.82) is 5.26 Å². The number of hydrogen-bond donors (Lipinski definition) is 2. The third kappa shape index (κ3) is 3.10. The van der Waals surface area contributed by atoms with Crippen molar-refractivity contribution in [1.82, 2.24) is 0 Å². The minimum Gasteiger partial charge on any atom is -0.398 e. The predicted molar refractivity (Wildman–Crippen MR) is 82.6 cm³/mol. The SMILES string of the molecule is Cc1cccc(N)c1S(=O)(=O)Nc1ccc(C#N)c(Cl)c1. The summed E-state index contributed by atoms with van der Waals surface area (Å²) in [5.41, 5.74) is 7.00. The zero-order valence-corrected chi connectivity index (χ0v) is 12.7. The number of nitrogen functional groups attached to an aromatic ring is 1. The Morgan fingerprint density at radius 3 is 2.57 bits per heavy atom. The molecule has 108 valence electrons. The van der Waals surface area contributed by atoms with Crippen molar-refractivity contribution in [2.75, 3.05) is 10.5 Å². The molecule has 0 spiro atoms. The standard InChI is InChI=1S/C14H12ClN3O2S/c1-9-3-2-4-13(17)14(9)21(19,20)18-11-6-5-10(8-16)12(15)7-11/h2-7,18H,17H2,1H3. The Hall–Kier alpha value is -2.23. The molecule has 0 radical (unpaired) electrons. The van der Waals surface area contributed by atoms with Gasteiger partial charge < -0.3 is 5.73 Å². The lowest BCUT2D eigenvalue weighted by Crippen LogP contribution is -2.16. The van der Waals surface area contributed by atoms with Crippen molar-refractivity contribution in [2.24, 2.45) is 0 Å². The van der Waals surface area contributed by atoms with Crippen LogP contribution in [0.15, 0.2) is 41.3 Å². The van der Waals surface area contributed by atoms with Crippen molar-refractivity contribution in [3.8, 4) is 6.07 Å².